The molecule has 1 nitrogen and oxygen atoms in total. The molecule has 3 heteroatoms. The van der Waals surface area contributed by atoms with E-state index in [0.29, 0.717) is 5.92 Å². The first-order chi connectivity index (χ1) is 7.66. The van der Waals surface area contributed by atoms with E-state index in [0.717, 1.165) is 8.95 Å². The Labute approximate surface area is 114 Å². The largest absolute Gasteiger partial charge is 0.324 e. The zero-order valence-corrected chi connectivity index (χ0v) is 12.4. The van der Waals surface area contributed by atoms with Gasteiger partial charge in [0.05, 0.1) is 0 Å². The van der Waals surface area contributed by atoms with E-state index in [4.69, 9.17) is 5.73 Å². The van der Waals surface area contributed by atoms with Gasteiger partial charge in [0.2, 0.25) is 0 Å². The van der Waals surface area contributed by atoms with Gasteiger partial charge >= 0.3 is 0 Å². The molecule has 0 amide bonds. The second kappa shape index (κ2) is 5.65. The lowest BCUT2D eigenvalue weighted by Crippen LogP contribution is -2.23. The second-order valence-corrected chi connectivity index (χ2v) is 6.46. The molecule has 16 heavy (non-hydrogen) atoms. The van der Waals surface area contributed by atoms with Crippen molar-refractivity contribution >= 4 is 31.9 Å². The molecule has 2 N–H and O–H groups in total. The third-order valence-electron chi connectivity index (χ3n) is 3.43. The highest BCUT2D eigenvalue weighted by Gasteiger charge is 2.22. The molecule has 0 bridgehead atoms. The summed E-state index contributed by atoms with van der Waals surface area (Å²) in [5.41, 5.74) is 7.61. The third-order valence-corrected chi connectivity index (χ3v) is 4.34. The average Bonchev–Trinajstić information content (AvgIpc) is 2.28. The van der Waals surface area contributed by atoms with Crippen LogP contribution >= 0.6 is 31.9 Å². The Hall–Kier alpha value is 0.140. The van der Waals surface area contributed by atoms with Crippen LogP contribution in [0.4, 0.5) is 0 Å². The maximum atomic E-state index is 6.37. The zero-order chi connectivity index (χ0) is 11.5. The van der Waals surface area contributed by atoms with Crippen molar-refractivity contribution in [2.45, 2.75) is 38.1 Å². The molecule has 1 atom stereocenters. The lowest BCUT2D eigenvalue weighted by molar-refractivity contribution is 0.308. The Morgan fingerprint density at radius 1 is 1.00 bits per heavy atom. The van der Waals surface area contributed by atoms with Gasteiger partial charge in [0.1, 0.15) is 0 Å². The van der Waals surface area contributed by atoms with Crippen LogP contribution in [0.1, 0.15) is 43.7 Å². The van der Waals surface area contributed by atoms with Crippen LogP contribution in [0.2, 0.25) is 0 Å². The zero-order valence-electron chi connectivity index (χ0n) is 9.26. The second-order valence-electron chi connectivity index (χ2n) is 4.63. The van der Waals surface area contributed by atoms with Crippen LogP contribution in [0.15, 0.2) is 27.1 Å². The van der Waals surface area contributed by atoms with Crippen molar-refractivity contribution in [2.24, 2.45) is 11.7 Å². The summed E-state index contributed by atoms with van der Waals surface area (Å²) in [7, 11) is 0. The van der Waals surface area contributed by atoms with Crippen LogP contribution in [0.3, 0.4) is 0 Å². The van der Waals surface area contributed by atoms with E-state index in [9.17, 15) is 0 Å². The highest BCUT2D eigenvalue weighted by Crippen LogP contribution is 2.34. The van der Waals surface area contributed by atoms with Crippen molar-refractivity contribution in [3.05, 3.63) is 32.7 Å². The highest BCUT2D eigenvalue weighted by atomic mass is 79.9. The first-order valence-corrected chi connectivity index (χ1v) is 7.47. The highest BCUT2D eigenvalue weighted by molar-refractivity contribution is 9.11. The van der Waals surface area contributed by atoms with Crippen molar-refractivity contribution in [1.29, 1.82) is 0 Å². The van der Waals surface area contributed by atoms with Crippen LogP contribution in [0.25, 0.3) is 0 Å². The fraction of sp³-hybridized carbons (Fsp3) is 0.538. The van der Waals surface area contributed by atoms with Crippen LogP contribution < -0.4 is 5.73 Å². The summed E-state index contributed by atoms with van der Waals surface area (Å²) in [6, 6.07) is 6.53. The van der Waals surface area contributed by atoms with Gasteiger partial charge in [-0.3, -0.25) is 0 Å². The third kappa shape index (κ3) is 3.08. The number of rotatable bonds is 2. The van der Waals surface area contributed by atoms with Crippen molar-refractivity contribution in [3.63, 3.8) is 0 Å². The molecule has 0 aromatic heterocycles. The number of hydrogen-bond acceptors (Lipinski definition) is 1. The molecule has 0 radical (unpaired) electrons. The van der Waals surface area contributed by atoms with Crippen molar-refractivity contribution in [1.82, 2.24) is 0 Å². The summed E-state index contributed by atoms with van der Waals surface area (Å²) in [5.74, 6) is 0.662. The maximum absolute atomic E-state index is 6.37. The van der Waals surface area contributed by atoms with Gasteiger partial charge in [0.25, 0.3) is 0 Å². The summed E-state index contributed by atoms with van der Waals surface area (Å²) in [4.78, 5) is 0. The Balaban J connectivity index is 2.15. The van der Waals surface area contributed by atoms with Gasteiger partial charge in [-0.25, -0.2) is 0 Å². The minimum atomic E-state index is 0.189. The minimum Gasteiger partial charge on any atom is -0.324 e. The van der Waals surface area contributed by atoms with E-state index in [1.54, 1.807) is 0 Å². The molecule has 1 fully saturated rings. The molecule has 88 valence electrons. The van der Waals surface area contributed by atoms with Crippen LogP contribution in [-0.2, 0) is 0 Å². The molecule has 0 heterocycles. The smallest absolute Gasteiger partial charge is 0.0324 e. The molecule has 1 aliphatic rings. The van der Waals surface area contributed by atoms with Gasteiger partial charge < -0.3 is 5.73 Å². The van der Waals surface area contributed by atoms with E-state index in [1.165, 1.54) is 37.7 Å². The van der Waals surface area contributed by atoms with E-state index in [1.807, 2.05) is 0 Å². The lowest BCUT2D eigenvalue weighted by atomic mass is 9.81. The van der Waals surface area contributed by atoms with Crippen LogP contribution in [-0.4, -0.2) is 0 Å². The predicted octanol–water partition coefficient (Wildman–Crippen LogP) is 4.79. The molecule has 0 saturated heterocycles. The van der Waals surface area contributed by atoms with Gasteiger partial charge in [-0.05, 0) is 42.5 Å². The van der Waals surface area contributed by atoms with Gasteiger partial charge in [0, 0.05) is 15.0 Å². The predicted molar refractivity (Wildman–Crippen MR) is 75.3 cm³/mol. The molecule has 1 aromatic carbocycles. The Morgan fingerprint density at radius 3 is 2.12 bits per heavy atom. The summed E-state index contributed by atoms with van der Waals surface area (Å²) >= 11 is 7.04. The average molecular weight is 347 g/mol. The van der Waals surface area contributed by atoms with Gasteiger partial charge in [0.15, 0.2) is 0 Å². The van der Waals surface area contributed by atoms with Gasteiger partial charge in [-0.15, -0.1) is 0 Å². The molecule has 1 aromatic rings. The molecular weight excluding hydrogens is 330 g/mol. The first-order valence-electron chi connectivity index (χ1n) is 5.88. The Morgan fingerprint density at radius 2 is 1.56 bits per heavy atom. The standard InChI is InChI=1S/C13H17Br2N/c14-11-6-10(7-12(15)8-11)13(16)9-4-2-1-3-5-9/h6-9,13H,1-5,16H2/t13-/m0/s1. The van der Waals surface area contributed by atoms with Crippen LogP contribution in [0.5, 0.6) is 0 Å². The van der Waals surface area contributed by atoms with Gasteiger partial charge in [-0.2, -0.15) is 0 Å². The Bertz CT molecular complexity index is 339. The molecule has 0 aliphatic heterocycles. The summed E-state index contributed by atoms with van der Waals surface area (Å²) in [6.45, 7) is 0. The molecule has 1 aliphatic carbocycles. The van der Waals surface area contributed by atoms with Crippen LogP contribution in [0, 0.1) is 5.92 Å². The van der Waals surface area contributed by atoms with Crippen molar-refractivity contribution in [2.75, 3.05) is 0 Å². The summed E-state index contributed by atoms with van der Waals surface area (Å²) in [5, 5.41) is 0. The quantitative estimate of drug-likeness (QED) is 0.818. The lowest BCUT2D eigenvalue weighted by Gasteiger charge is -2.28. The molecule has 1 saturated carbocycles. The minimum absolute atomic E-state index is 0.189. The van der Waals surface area contributed by atoms with E-state index in [2.05, 4.69) is 50.1 Å². The summed E-state index contributed by atoms with van der Waals surface area (Å²) < 4.78 is 2.20. The molecule has 0 spiro atoms. The fourth-order valence-corrected chi connectivity index (χ4v) is 3.86. The molecule has 2 rings (SSSR count). The van der Waals surface area contributed by atoms with E-state index >= 15 is 0 Å². The maximum Gasteiger partial charge on any atom is 0.0324 e. The van der Waals surface area contributed by atoms with E-state index < -0.39 is 0 Å². The number of hydrogen-bond donors (Lipinski definition) is 1. The van der Waals surface area contributed by atoms with Gasteiger partial charge in [-0.1, -0.05) is 51.1 Å². The Kier molecular flexibility index (Phi) is 4.45. The number of benzene rings is 1. The normalized spacial score (nSPS) is 19.7. The van der Waals surface area contributed by atoms with E-state index in [-0.39, 0.29) is 6.04 Å². The topological polar surface area (TPSA) is 26.0 Å². The number of halogens is 2. The first kappa shape index (κ1) is 12.6. The van der Waals surface area contributed by atoms with Crippen molar-refractivity contribution in [3.8, 4) is 0 Å². The monoisotopic (exact) mass is 345 g/mol. The molecule has 0 unspecified atom stereocenters. The summed E-state index contributed by atoms with van der Waals surface area (Å²) in [6.07, 6.45) is 6.63. The fourth-order valence-electron chi connectivity index (χ4n) is 2.53. The SMILES string of the molecule is N[C@H](c1cc(Br)cc(Br)c1)C1CCCCC1. The molecular formula is C13H17Br2N. The number of nitrogens with two attached hydrogens (primary N) is 1. The van der Waals surface area contributed by atoms with Crippen molar-refractivity contribution < 1.29 is 0 Å².